The van der Waals surface area contributed by atoms with Gasteiger partial charge < -0.3 is 15.0 Å². The third-order valence-electron chi connectivity index (χ3n) is 3.88. The highest BCUT2D eigenvalue weighted by atomic mass is 16.5. The molecule has 2 aliphatic rings. The molecule has 1 atom stereocenters. The number of piperidine rings is 1. The molecule has 1 amide bonds. The lowest BCUT2D eigenvalue weighted by Crippen LogP contribution is -2.41. The Labute approximate surface area is 104 Å². The van der Waals surface area contributed by atoms with E-state index in [-0.39, 0.29) is 11.8 Å². The lowest BCUT2D eigenvalue weighted by molar-refractivity contribution is -0.139. The molecule has 2 rings (SSSR count). The summed E-state index contributed by atoms with van der Waals surface area (Å²) in [6.07, 6.45) is 4.41. The highest BCUT2D eigenvalue weighted by Gasteiger charge is 2.26. The lowest BCUT2D eigenvalue weighted by Gasteiger charge is -2.31. The number of hydrogen-bond donors (Lipinski definition) is 1. The van der Waals surface area contributed by atoms with E-state index in [1.807, 2.05) is 11.9 Å². The smallest absolute Gasteiger partial charge is 0.227 e. The number of amides is 1. The summed E-state index contributed by atoms with van der Waals surface area (Å²) in [5.41, 5.74) is 0. The van der Waals surface area contributed by atoms with Gasteiger partial charge in [0, 0.05) is 20.2 Å². The summed E-state index contributed by atoms with van der Waals surface area (Å²) in [5, 5.41) is 3.36. The molecule has 0 aliphatic carbocycles. The molecule has 17 heavy (non-hydrogen) atoms. The number of nitrogens with zero attached hydrogens (tertiary/aromatic N) is 1. The normalized spacial score (nSPS) is 26.8. The summed E-state index contributed by atoms with van der Waals surface area (Å²) in [6, 6.07) is 0. The van der Waals surface area contributed by atoms with Crippen LogP contribution in [0.4, 0.5) is 0 Å². The molecular weight excluding hydrogens is 216 g/mol. The number of hydrogen-bond acceptors (Lipinski definition) is 3. The minimum atomic E-state index is 0.107. The van der Waals surface area contributed by atoms with Gasteiger partial charge in [0.05, 0.1) is 12.5 Å². The van der Waals surface area contributed by atoms with Crippen LogP contribution in [0.2, 0.25) is 0 Å². The van der Waals surface area contributed by atoms with Crippen LogP contribution in [-0.4, -0.2) is 50.7 Å². The van der Waals surface area contributed by atoms with Crippen LogP contribution in [0.25, 0.3) is 0 Å². The second-order valence-electron chi connectivity index (χ2n) is 5.33. The van der Waals surface area contributed by atoms with Crippen molar-refractivity contribution in [2.45, 2.75) is 25.7 Å². The molecule has 0 saturated carbocycles. The average molecular weight is 240 g/mol. The van der Waals surface area contributed by atoms with Gasteiger partial charge in [-0.05, 0) is 44.7 Å². The molecular formula is C13H24N2O2. The fourth-order valence-corrected chi connectivity index (χ4v) is 2.79. The minimum Gasteiger partial charge on any atom is -0.381 e. The average Bonchev–Trinajstić information content (AvgIpc) is 2.40. The molecule has 2 saturated heterocycles. The Morgan fingerprint density at radius 2 is 2.12 bits per heavy atom. The van der Waals surface area contributed by atoms with Gasteiger partial charge in [-0.15, -0.1) is 0 Å². The zero-order valence-electron chi connectivity index (χ0n) is 10.8. The van der Waals surface area contributed by atoms with Gasteiger partial charge >= 0.3 is 0 Å². The summed E-state index contributed by atoms with van der Waals surface area (Å²) >= 11 is 0. The summed E-state index contributed by atoms with van der Waals surface area (Å²) in [6.45, 7) is 4.55. The van der Waals surface area contributed by atoms with Gasteiger partial charge in [0.15, 0.2) is 0 Å². The largest absolute Gasteiger partial charge is 0.381 e. The Morgan fingerprint density at radius 1 is 1.35 bits per heavy atom. The zero-order valence-corrected chi connectivity index (χ0v) is 10.8. The predicted molar refractivity (Wildman–Crippen MR) is 66.8 cm³/mol. The Hall–Kier alpha value is -0.610. The van der Waals surface area contributed by atoms with Crippen LogP contribution < -0.4 is 5.32 Å². The van der Waals surface area contributed by atoms with Crippen molar-refractivity contribution in [3.8, 4) is 0 Å². The maximum absolute atomic E-state index is 12.2. The number of rotatable bonds is 3. The van der Waals surface area contributed by atoms with Crippen molar-refractivity contribution in [3.63, 3.8) is 0 Å². The van der Waals surface area contributed by atoms with E-state index < -0.39 is 0 Å². The number of nitrogens with one attached hydrogen (secondary N) is 1. The molecule has 0 aromatic heterocycles. The Morgan fingerprint density at radius 3 is 2.76 bits per heavy atom. The molecule has 0 aromatic carbocycles. The number of carbonyl (C=O) groups excluding carboxylic acids is 1. The molecule has 2 aliphatic heterocycles. The van der Waals surface area contributed by atoms with Gasteiger partial charge in [-0.2, -0.15) is 0 Å². The lowest BCUT2D eigenvalue weighted by atomic mass is 9.96. The van der Waals surface area contributed by atoms with E-state index in [0.717, 1.165) is 39.1 Å². The topological polar surface area (TPSA) is 41.6 Å². The van der Waals surface area contributed by atoms with Gasteiger partial charge in [-0.1, -0.05) is 0 Å². The van der Waals surface area contributed by atoms with Crippen LogP contribution in [0.5, 0.6) is 0 Å². The number of ether oxygens (including phenoxy) is 1. The van der Waals surface area contributed by atoms with Crippen LogP contribution in [0.1, 0.15) is 25.7 Å². The summed E-state index contributed by atoms with van der Waals surface area (Å²) in [7, 11) is 1.94. The predicted octanol–water partition coefficient (Wildman–Crippen LogP) is 0.871. The van der Waals surface area contributed by atoms with E-state index in [0.29, 0.717) is 12.5 Å². The van der Waals surface area contributed by atoms with Gasteiger partial charge in [0.1, 0.15) is 0 Å². The number of carbonyl (C=O) groups is 1. The van der Waals surface area contributed by atoms with Crippen LogP contribution in [-0.2, 0) is 9.53 Å². The molecule has 4 nitrogen and oxygen atoms in total. The van der Waals surface area contributed by atoms with E-state index in [4.69, 9.17) is 4.74 Å². The Kier molecular flexibility index (Phi) is 4.80. The molecule has 0 aromatic rings. The van der Waals surface area contributed by atoms with Crippen molar-refractivity contribution in [1.29, 1.82) is 0 Å². The summed E-state index contributed by atoms with van der Waals surface area (Å²) < 4.78 is 5.39. The standard InChI is InChI=1S/C13H24N2O2/c1-15(9-11-4-6-14-7-5-11)13(16)12-3-2-8-17-10-12/h11-12,14H,2-10H2,1H3. The molecule has 2 fully saturated rings. The Balaban J connectivity index is 1.77. The van der Waals surface area contributed by atoms with Crippen LogP contribution >= 0.6 is 0 Å². The first kappa shape index (κ1) is 12.8. The highest BCUT2D eigenvalue weighted by Crippen LogP contribution is 2.18. The molecule has 4 heteroatoms. The maximum Gasteiger partial charge on any atom is 0.227 e. The quantitative estimate of drug-likeness (QED) is 0.796. The second-order valence-corrected chi connectivity index (χ2v) is 5.33. The van der Waals surface area contributed by atoms with Gasteiger partial charge in [-0.25, -0.2) is 0 Å². The first-order valence-electron chi connectivity index (χ1n) is 6.81. The SMILES string of the molecule is CN(CC1CCNCC1)C(=O)C1CCCOC1. The second kappa shape index (κ2) is 6.36. The molecule has 1 N–H and O–H groups in total. The van der Waals surface area contributed by atoms with E-state index in [1.165, 1.54) is 12.8 Å². The van der Waals surface area contributed by atoms with Crippen molar-refractivity contribution < 1.29 is 9.53 Å². The van der Waals surface area contributed by atoms with E-state index >= 15 is 0 Å². The fourth-order valence-electron chi connectivity index (χ4n) is 2.79. The van der Waals surface area contributed by atoms with Crippen LogP contribution in [0, 0.1) is 11.8 Å². The van der Waals surface area contributed by atoms with E-state index in [1.54, 1.807) is 0 Å². The summed E-state index contributed by atoms with van der Waals surface area (Å²) in [5.74, 6) is 1.06. The van der Waals surface area contributed by atoms with Crippen molar-refractivity contribution >= 4 is 5.91 Å². The molecule has 0 spiro atoms. The zero-order chi connectivity index (χ0) is 12.1. The fraction of sp³-hybridized carbons (Fsp3) is 0.923. The first-order chi connectivity index (χ1) is 8.27. The van der Waals surface area contributed by atoms with Gasteiger partial charge in [-0.3, -0.25) is 4.79 Å². The van der Waals surface area contributed by atoms with E-state index in [2.05, 4.69) is 5.32 Å². The monoisotopic (exact) mass is 240 g/mol. The van der Waals surface area contributed by atoms with Crippen molar-refractivity contribution in [1.82, 2.24) is 10.2 Å². The molecule has 0 radical (unpaired) electrons. The Bertz CT molecular complexity index is 246. The first-order valence-corrected chi connectivity index (χ1v) is 6.81. The summed E-state index contributed by atoms with van der Waals surface area (Å²) in [4.78, 5) is 14.1. The van der Waals surface area contributed by atoms with Crippen LogP contribution in [0.15, 0.2) is 0 Å². The van der Waals surface area contributed by atoms with Crippen molar-refractivity contribution in [3.05, 3.63) is 0 Å². The van der Waals surface area contributed by atoms with Gasteiger partial charge in [0.2, 0.25) is 5.91 Å². The molecule has 0 bridgehead atoms. The maximum atomic E-state index is 12.2. The van der Waals surface area contributed by atoms with Crippen molar-refractivity contribution in [2.24, 2.45) is 11.8 Å². The third kappa shape index (κ3) is 3.68. The molecule has 98 valence electrons. The van der Waals surface area contributed by atoms with Crippen molar-refractivity contribution in [2.75, 3.05) is 39.9 Å². The molecule has 1 unspecified atom stereocenters. The van der Waals surface area contributed by atoms with Crippen LogP contribution in [0.3, 0.4) is 0 Å². The van der Waals surface area contributed by atoms with Gasteiger partial charge in [0.25, 0.3) is 0 Å². The highest BCUT2D eigenvalue weighted by molar-refractivity contribution is 5.78. The molecule has 2 heterocycles. The third-order valence-corrected chi connectivity index (χ3v) is 3.88. The minimum absolute atomic E-state index is 0.107. The van der Waals surface area contributed by atoms with E-state index in [9.17, 15) is 4.79 Å².